The Kier molecular flexibility index (Phi) is 3.05. The zero-order chi connectivity index (χ0) is 15.4. The summed E-state index contributed by atoms with van der Waals surface area (Å²) in [6.45, 7) is 1.58. The molecule has 0 fully saturated rings. The Balaban J connectivity index is 2.21. The molecule has 0 saturated heterocycles. The van der Waals surface area contributed by atoms with Gasteiger partial charge in [-0.05, 0) is 12.5 Å². The van der Waals surface area contributed by atoms with Gasteiger partial charge in [0, 0.05) is 10.4 Å². The number of nitrogens with two attached hydrogens (primary N) is 1. The first kappa shape index (κ1) is 14.1. The molecule has 1 aliphatic rings. The number of nitrogen functional groups attached to an aromatic ring is 1. The predicted octanol–water partition coefficient (Wildman–Crippen LogP) is 3.66. The maximum absolute atomic E-state index is 13.5. The lowest BCUT2D eigenvalue weighted by molar-refractivity contribution is -0.151. The fourth-order valence-corrected chi connectivity index (χ4v) is 3.82. The summed E-state index contributed by atoms with van der Waals surface area (Å²) in [5.74, 6) is -3.63. The van der Waals surface area contributed by atoms with Crippen LogP contribution in [0.4, 0.5) is 18.3 Å². The molecule has 0 bridgehead atoms. The fraction of sp³-hybridized carbons (Fsp3) is 0.286. The molecule has 0 aliphatic heterocycles. The van der Waals surface area contributed by atoms with Gasteiger partial charge in [0.1, 0.15) is 0 Å². The molecule has 2 N–H and O–H groups in total. The van der Waals surface area contributed by atoms with Crippen molar-refractivity contribution >= 4 is 22.3 Å². The topological polar surface area (TPSA) is 56.0 Å². The molecule has 0 spiro atoms. The third kappa shape index (κ3) is 2.12. The van der Waals surface area contributed by atoms with E-state index in [4.69, 9.17) is 5.73 Å². The number of rotatable bonds is 1. The van der Waals surface area contributed by atoms with Gasteiger partial charge in [0.2, 0.25) is 0 Å². The van der Waals surface area contributed by atoms with Gasteiger partial charge in [-0.3, -0.25) is 4.79 Å². The van der Waals surface area contributed by atoms with Crippen LogP contribution in [0.2, 0.25) is 0 Å². The van der Waals surface area contributed by atoms with Gasteiger partial charge in [-0.1, -0.05) is 24.3 Å². The zero-order valence-corrected chi connectivity index (χ0v) is 11.8. The first-order valence-electron chi connectivity index (χ1n) is 6.23. The lowest BCUT2D eigenvalue weighted by Gasteiger charge is -2.21. The number of fused-ring (bicyclic) bond motifs is 1. The molecule has 1 aromatic heterocycles. The minimum atomic E-state index is -4.50. The van der Waals surface area contributed by atoms with Crippen molar-refractivity contribution in [3.63, 3.8) is 0 Å². The Morgan fingerprint density at radius 2 is 1.95 bits per heavy atom. The number of halogens is 3. The quantitative estimate of drug-likeness (QED) is 0.874. The molecule has 2 aromatic rings. The number of anilines is 1. The van der Waals surface area contributed by atoms with Crippen LogP contribution in [0.1, 0.15) is 38.3 Å². The molecule has 0 amide bonds. The highest BCUT2D eigenvalue weighted by Gasteiger charge is 2.55. The Morgan fingerprint density at radius 3 is 2.52 bits per heavy atom. The molecular weight excluding hydrogens is 301 g/mol. The highest BCUT2D eigenvalue weighted by atomic mass is 32.1. The van der Waals surface area contributed by atoms with Crippen LogP contribution in [0, 0.1) is 6.92 Å². The SMILES string of the molecule is Cc1nc(N)sc1C1C(=O)c2ccccc2C1C(F)(F)F. The Hall–Kier alpha value is -1.89. The molecule has 110 valence electrons. The normalized spacial score (nSPS) is 21.6. The Morgan fingerprint density at radius 1 is 1.29 bits per heavy atom. The number of carbonyl (C=O) groups excluding carboxylic acids is 1. The number of carbonyl (C=O) groups is 1. The van der Waals surface area contributed by atoms with Crippen molar-refractivity contribution in [1.29, 1.82) is 0 Å². The molecule has 2 atom stereocenters. The molecule has 21 heavy (non-hydrogen) atoms. The molecule has 3 rings (SSSR count). The molecule has 0 radical (unpaired) electrons. The Labute approximate surface area is 122 Å². The highest BCUT2D eigenvalue weighted by molar-refractivity contribution is 7.15. The highest BCUT2D eigenvalue weighted by Crippen LogP contribution is 2.53. The molecule has 7 heteroatoms. The predicted molar refractivity (Wildman–Crippen MR) is 73.6 cm³/mol. The second kappa shape index (κ2) is 4.56. The molecule has 0 saturated carbocycles. The molecule has 2 unspecified atom stereocenters. The lowest BCUT2D eigenvalue weighted by Crippen LogP contribution is -2.25. The van der Waals surface area contributed by atoms with Crippen molar-refractivity contribution in [1.82, 2.24) is 4.98 Å². The smallest absolute Gasteiger partial charge is 0.375 e. The monoisotopic (exact) mass is 312 g/mol. The lowest BCUT2D eigenvalue weighted by atomic mass is 9.89. The average Bonchev–Trinajstić information content (AvgIpc) is 2.87. The van der Waals surface area contributed by atoms with Crippen LogP contribution >= 0.6 is 11.3 Å². The summed E-state index contributed by atoms with van der Waals surface area (Å²) >= 11 is 0.952. The summed E-state index contributed by atoms with van der Waals surface area (Å²) in [4.78, 5) is 16.7. The number of Topliss-reactive ketones (excluding diaryl/α,β-unsaturated/α-hetero) is 1. The van der Waals surface area contributed by atoms with Crippen LogP contribution in [0.5, 0.6) is 0 Å². The summed E-state index contributed by atoms with van der Waals surface area (Å²) in [7, 11) is 0. The largest absolute Gasteiger partial charge is 0.396 e. The molecule has 1 heterocycles. The van der Waals surface area contributed by atoms with Gasteiger partial charge >= 0.3 is 6.18 Å². The number of aryl methyl sites for hydroxylation is 1. The van der Waals surface area contributed by atoms with Crippen molar-refractivity contribution in [2.75, 3.05) is 5.73 Å². The summed E-state index contributed by atoms with van der Waals surface area (Å²) in [6, 6.07) is 5.89. The molecular formula is C14H11F3N2OS. The van der Waals surface area contributed by atoms with Crippen molar-refractivity contribution in [2.24, 2.45) is 0 Å². The van der Waals surface area contributed by atoms with E-state index in [1.54, 1.807) is 13.0 Å². The van der Waals surface area contributed by atoms with Gasteiger partial charge in [-0.15, -0.1) is 11.3 Å². The fourth-order valence-electron chi connectivity index (χ4n) is 2.85. The van der Waals surface area contributed by atoms with Gasteiger partial charge in [0.05, 0.1) is 17.5 Å². The molecule has 3 nitrogen and oxygen atoms in total. The number of thiazole rings is 1. The average molecular weight is 312 g/mol. The van der Waals surface area contributed by atoms with Gasteiger partial charge in [0.15, 0.2) is 10.9 Å². The second-order valence-corrected chi connectivity index (χ2v) is 6.01. The minimum Gasteiger partial charge on any atom is -0.375 e. The summed E-state index contributed by atoms with van der Waals surface area (Å²) in [5, 5.41) is 0.173. The maximum Gasteiger partial charge on any atom is 0.396 e. The first-order valence-corrected chi connectivity index (χ1v) is 7.05. The van der Waals surface area contributed by atoms with Crippen LogP contribution in [0.3, 0.4) is 0 Å². The first-order chi connectivity index (χ1) is 9.80. The third-order valence-corrected chi connectivity index (χ3v) is 4.73. The maximum atomic E-state index is 13.5. The van der Waals surface area contributed by atoms with E-state index in [1.807, 2.05) is 0 Å². The van der Waals surface area contributed by atoms with Gasteiger partial charge in [-0.2, -0.15) is 13.2 Å². The number of aromatic nitrogens is 1. The van der Waals surface area contributed by atoms with Crippen molar-refractivity contribution < 1.29 is 18.0 Å². The minimum absolute atomic E-state index is 0.0337. The second-order valence-electron chi connectivity index (χ2n) is 4.95. The zero-order valence-electron chi connectivity index (χ0n) is 10.9. The number of alkyl halides is 3. The third-order valence-electron chi connectivity index (χ3n) is 3.66. The van der Waals surface area contributed by atoms with E-state index in [1.165, 1.54) is 18.2 Å². The van der Waals surface area contributed by atoms with Gasteiger partial charge < -0.3 is 5.73 Å². The van der Waals surface area contributed by atoms with Gasteiger partial charge in [0.25, 0.3) is 0 Å². The number of benzene rings is 1. The molecule has 1 aromatic carbocycles. The van der Waals surface area contributed by atoms with E-state index in [9.17, 15) is 18.0 Å². The van der Waals surface area contributed by atoms with Crippen LogP contribution in [-0.2, 0) is 0 Å². The van der Waals surface area contributed by atoms with E-state index in [2.05, 4.69) is 4.98 Å². The van der Waals surface area contributed by atoms with E-state index in [-0.39, 0.29) is 16.3 Å². The van der Waals surface area contributed by atoms with E-state index in [0.717, 1.165) is 11.3 Å². The van der Waals surface area contributed by atoms with Crippen LogP contribution < -0.4 is 5.73 Å². The number of hydrogen-bond acceptors (Lipinski definition) is 4. The van der Waals surface area contributed by atoms with Crippen LogP contribution in [-0.4, -0.2) is 16.9 Å². The van der Waals surface area contributed by atoms with E-state index >= 15 is 0 Å². The van der Waals surface area contributed by atoms with Crippen molar-refractivity contribution in [3.05, 3.63) is 46.0 Å². The number of hydrogen-bond donors (Lipinski definition) is 1. The number of ketones is 1. The van der Waals surface area contributed by atoms with Crippen LogP contribution in [0.25, 0.3) is 0 Å². The Bertz CT molecular complexity index is 723. The standard InChI is InChI=1S/C14H11F3N2OS/c1-6-12(21-13(18)19-6)9-10(14(15,16)17)7-4-2-3-5-8(7)11(9)20/h2-5,9-10H,1H3,(H2,18,19). The van der Waals surface area contributed by atoms with Crippen molar-refractivity contribution in [3.8, 4) is 0 Å². The van der Waals surface area contributed by atoms with Crippen LogP contribution in [0.15, 0.2) is 24.3 Å². The number of nitrogens with zero attached hydrogens (tertiary/aromatic N) is 1. The summed E-state index contributed by atoms with van der Waals surface area (Å²) in [6.07, 6.45) is -4.50. The summed E-state index contributed by atoms with van der Waals surface area (Å²) in [5.41, 5.74) is 6.12. The van der Waals surface area contributed by atoms with E-state index < -0.39 is 23.8 Å². The van der Waals surface area contributed by atoms with E-state index in [0.29, 0.717) is 10.6 Å². The van der Waals surface area contributed by atoms with Gasteiger partial charge in [-0.25, -0.2) is 4.98 Å². The van der Waals surface area contributed by atoms with Crippen molar-refractivity contribution in [2.45, 2.75) is 24.9 Å². The molecule has 1 aliphatic carbocycles. The summed E-state index contributed by atoms with van der Waals surface area (Å²) < 4.78 is 40.5.